The molecule has 1 aromatic carbocycles. The SMILES string of the molecule is CCNCc1occc1COc1cc(F)ccc1F. The minimum atomic E-state index is -0.585. The van der Waals surface area contributed by atoms with Gasteiger partial charge in [0.05, 0.1) is 12.8 Å². The molecule has 0 radical (unpaired) electrons. The van der Waals surface area contributed by atoms with Crippen molar-refractivity contribution in [3.05, 3.63) is 53.5 Å². The first-order chi connectivity index (χ1) is 9.20. The Morgan fingerprint density at radius 3 is 2.89 bits per heavy atom. The Labute approximate surface area is 110 Å². The number of hydrogen-bond donors (Lipinski definition) is 1. The van der Waals surface area contributed by atoms with Gasteiger partial charge in [-0.3, -0.25) is 0 Å². The molecule has 0 saturated heterocycles. The van der Waals surface area contributed by atoms with Gasteiger partial charge in [-0.25, -0.2) is 8.78 Å². The van der Waals surface area contributed by atoms with Crippen LogP contribution in [0, 0.1) is 11.6 Å². The van der Waals surface area contributed by atoms with Crippen LogP contribution in [0.3, 0.4) is 0 Å². The topological polar surface area (TPSA) is 34.4 Å². The van der Waals surface area contributed by atoms with Crippen LogP contribution >= 0.6 is 0 Å². The van der Waals surface area contributed by atoms with E-state index in [0.29, 0.717) is 6.54 Å². The van der Waals surface area contributed by atoms with E-state index in [1.54, 1.807) is 12.3 Å². The molecule has 0 fully saturated rings. The van der Waals surface area contributed by atoms with Crippen LogP contribution in [0.4, 0.5) is 8.78 Å². The van der Waals surface area contributed by atoms with Crippen LogP contribution in [-0.4, -0.2) is 6.54 Å². The first-order valence-corrected chi connectivity index (χ1v) is 6.04. The van der Waals surface area contributed by atoms with Crippen molar-refractivity contribution in [3.8, 4) is 5.75 Å². The molecule has 0 amide bonds. The fourth-order valence-corrected chi connectivity index (χ4v) is 1.63. The van der Waals surface area contributed by atoms with Gasteiger partial charge in [0.15, 0.2) is 11.6 Å². The van der Waals surface area contributed by atoms with Gasteiger partial charge >= 0.3 is 0 Å². The fraction of sp³-hybridized carbons (Fsp3) is 0.286. The van der Waals surface area contributed by atoms with Crippen LogP contribution in [0.5, 0.6) is 5.75 Å². The van der Waals surface area contributed by atoms with E-state index in [1.165, 1.54) is 0 Å². The molecular formula is C14H15F2NO2. The molecule has 0 aliphatic rings. The molecule has 0 bridgehead atoms. The first kappa shape index (κ1) is 13.5. The maximum atomic E-state index is 13.4. The summed E-state index contributed by atoms with van der Waals surface area (Å²) in [5.74, 6) is -0.483. The lowest BCUT2D eigenvalue weighted by Crippen LogP contribution is -2.12. The summed E-state index contributed by atoms with van der Waals surface area (Å²) in [5, 5.41) is 3.13. The maximum Gasteiger partial charge on any atom is 0.165 e. The quantitative estimate of drug-likeness (QED) is 0.872. The van der Waals surface area contributed by atoms with Crippen molar-refractivity contribution >= 4 is 0 Å². The Bertz CT molecular complexity index is 540. The molecule has 1 heterocycles. The molecule has 5 heteroatoms. The zero-order valence-electron chi connectivity index (χ0n) is 10.6. The van der Waals surface area contributed by atoms with E-state index in [0.717, 1.165) is 36.1 Å². The summed E-state index contributed by atoms with van der Waals surface area (Å²) >= 11 is 0. The number of benzene rings is 1. The van der Waals surface area contributed by atoms with Crippen molar-refractivity contribution < 1.29 is 17.9 Å². The Hall–Kier alpha value is -1.88. The standard InChI is InChI=1S/C14H15F2NO2/c1-2-17-8-14-10(5-6-18-14)9-19-13-7-11(15)3-4-12(13)16/h3-7,17H,2,8-9H2,1H3. The third-order valence-electron chi connectivity index (χ3n) is 2.65. The molecule has 102 valence electrons. The fourth-order valence-electron chi connectivity index (χ4n) is 1.63. The van der Waals surface area contributed by atoms with Gasteiger partial charge < -0.3 is 14.5 Å². The number of nitrogens with one attached hydrogen (secondary N) is 1. The first-order valence-electron chi connectivity index (χ1n) is 6.04. The minimum absolute atomic E-state index is 0.101. The minimum Gasteiger partial charge on any atom is -0.486 e. The predicted molar refractivity (Wildman–Crippen MR) is 66.8 cm³/mol. The van der Waals surface area contributed by atoms with Gasteiger partial charge in [0.1, 0.15) is 18.2 Å². The van der Waals surface area contributed by atoms with Crippen molar-refractivity contribution in [2.75, 3.05) is 6.54 Å². The third-order valence-corrected chi connectivity index (χ3v) is 2.65. The van der Waals surface area contributed by atoms with E-state index in [2.05, 4.69) is 5.32 Å². The third kappa shape index (κ3) is 3.54. The van der Waals surface area contributed by atoms with Gasteiger partial charge in [-0.05, 0) is 24.7 Å². The van der Waals surface area contributed by atoms with E-state index in [9.17, 15) is 8.78 Å². The summed E-state index contributed by atoms with van der Waals surface area (Å²) in [6, 6.07) is 4.87. The highest BCUT2D eigenvalue weighted by molar-refractivity contribution is 5.26. The summed E-state index contributed by atoms with van der Waals surface area (Å²) in [7, 11) is 0. The van der Waals surface area contributed by atoms with Crippen LogP contribution < -0.4 is 10.1 Å². The second-order valence-corrected chi connectivity index (χ2v) is 4.01. The molecule has 19 heavy (non-hydrogen) atoms. The second-order valence-electron chi connectivity index (χ2n) is 4.01. The molecule has 1 aromatic heterocycles. The average Bonchev–Trinajstić information content (AvgIpc) is 2.85. The molecule has 0 atom stereocenters. The number of ether oxygens (including phenoxy) is 1. The van der Waals surface area contributed by atoms with Gasteiger partial charge in [0.25, 0.3) is 0 Å². The lowest BCUT2D eigenvalue weighted by atomic mass is 10.2. The largest absolute Gasteiger partial charge is 0.486 e. The van der Waals surface area contributed by atoms with Crippen molar-refractivity contribution in [2.24, 2.45) is 0 Å². The highest BCUT2D eigenvalue weighted by Gasteiger charge is 2.09. The Morgan fingerprint density at radius 1 is 1.26 bits per heavy atom. The van der Waals surface area contributed by atoms with E-state index in [4.69, 9.17) is 9.15 Å². The predicted octanol–water partition coefficient (Wildman–Crippen LogP) is 3.25. The highest BCUT2D eigenvalue weighted by atomic mass is 19.1. The van der Waals surface area contributed by atoms with Crippen LogP contribution in [0.2, 0.25) is 0 Å². The summed E-state index contributed by atoms with van der Waals surface area (Å²) < 4.78 is 36.9. The Kier molecular flexibility index (Phi) is 4.52. The van der Waals surface area contributed by atoms with Crippen molar-refractivity contribution in [1.82, 2.24) is 5.32 Å². The molecular weight excluding hydrogens is 252 g/mol. The molecule has 0 saturated carbocycles. The average molecular weight is 267 g/mol. The molecule has 0 unspecified atom stereocenters. The molecule has 0 aliphatic carbocycles. The number of halogens is 2. The van der Waals surface area contributed by atoms with Gasteiger partial charge in [-0.15, -0.1) is 0 Å². The molecule has 2 rings (SSSR count). The van der Waals surface area contributed by atoms with Gasteiger partial charge in [-0.2, -0.15) is 0 Å². The van der Waals surface area contributed by atoms with Crippen molar-refractivity contribution in [2.45, 2.75) is 20.1 Å². The summed E-state index contributed by atoms with van der Waals surface area (Å²) in [4.78, 5) is 0. The van der Waals surface area contributed by atoms with E-state index in [-0.39, 0.29) is 12.4 Å². The summed E-state index contributed by atoms with van der Waals surface area (Å²) in [6.45, 7) is 3.52. The molecule has 2 aromatic rings. The van der Waals surface area contributed by atoms with Crippen LogP contribution in [0.25, 0.3) is 0 Å². The second kappa shape index (κ2) is 6.33. The zero-order valence-corrected chi connectivity index (χ0v) is 10.6. The number of furan rings is 1. The Balaban J connectivity index is 2.02. The molecule has 1 N–H and O–H groups in total. The van der Waals surface area contributed by atoms with Crippen LogP contribution in [0.15, 0.2) is 34.9 Å². The monoisotopic (exact) mass is 267 g/mol. The van der Waals surface area contributed by atoms with E-state index < -0.39 is 11.6 Å². The number of rotatable bonds is 6. The molecule has 3 nitrogen and oxygen atoms in total. The molecule has 0 spiro atoms. The highest BCUT2D eigenvalue weighted by Crippen LogP contribution is 2.20. The lowest BCUT2D eigenvalue weighted by Gasteiger charge is -2.07. The maximum absolute atomic E-state index is 13.4. The summed E-state index contributed by atoms with van der Waals surface area (Å²) in [6.07, 6.45) is 1.55. The molecule has 0 aliphatic heterocycles. The van der Waals surface area contributed by atoms with E-state index in [1.807, 2.05) is 6.92 Å². The van der Waals surface area contributed by atoms with Gasteiger partial charge in [0.2, 0.25) is 0 Å². The normalized spacial score (nSPS) is 10.7. The van der Waals surface area contributed by atoms with Crippen molar-refractivity contribution in [1.29, 1.82) is 0 Å². The van der Waals surface area contributed by atoms with Gasteiger partial charge in [-0.1, -0.05) is 6.92 Å². The summed E-state index contributed by atoms with van der Waals surface area (Å²) in [5.41, 5.74) is 0.810. The lowest BCUT2D eigenvalue weighted by molar-refractivity contribution is 0.284. The smallest absolute Gasteiger partial charge is 0.165 e. The van der Waals surface area contributed by atoms with Gasteiger partial charge in [0, 0.05) is 11.6 Å². The van der Waals surface area contributed by atoms with Crippen LogP contribution in [-0.2, 0) is 13.2 Å². The van der Waals surface area contributed by atoms with E-state index >= 15 is 0 Å². The Morgan fingerprint density at radius 2 is 2.11 bits per heavy atom. The van der Waals surface area contributed by atoms with Crippen LogP contribution in [0.1, 0.15) is 18.2 Å². The number of hydrogen-bond acceptors (Lipinski definition) is 3. The zero-order chi connectivity index (χ0) is 13.7. The van der Waals surface area contributed by atoms with Crippen molar-refractivity contribution in [3.63, 3.8) is 0 Å².